The van der Waals surface area contributed by atoms with Crippen molar-refractivity contribution in [3.8, 4) is 5.75 Å². The second-order valence-corrected chi connectivity index (χ2v) is 7.12. The zero-order valence-electron chi connectivity index (χ0n) is 13.7. The van der Waals surface area contributed by atoms with Gasteiger partial charge in [0.25, 0.3) is 0 Å². The SMILES string of the molecule is COc1ccc(Cn2nnnc2SC(C)c2ccc(F)c(Cl)c2)cc1. The molecule has 25 heavy (non-hydrogen) atoms. The van der Waals surface area contributed by atoms with Gasteiger partial charge in [-0.1, -0.05) is 41.6 Å². The lowest BCUT2D eigenvalue weighted by Gasteiger charge is -2.12. The highest BCUT2D eigenvalue weighted by Gasteiger charge is 2.15. The third kappa shape index (κ3) is 4.29. The van der Waals surface area contributed by atoms with Crippen molar-refractivity contribution in [2.24, 2.45) is 0 Å². The molecule has 0 aliphatic heterocycles. The van der Waals surface area contributed by atoms with Crippen LogP contribution in [0.3, 0.4) is 0 Å². The van der Waals surface area contributed by atoms with Gasteiger partial charge in [0, 0.05) is 5.25 Å². The molecule has 1 atom stereocenters. The number of methoxy groups -OCH3 is 1. The van der Waals surface area contributed by atoms with Crippen molar-refractivity contribution >= 4 is 23.4 Å². The molecule has 1 heterocycles. The highest BCUT2D eigenvalue weighted by atomic mass is 35.5. The van der Waals surface area contributed by atoms with Gasteiger partial charge >= 0.3 is 0 Å². The first-order valence-electron chi connectivity index (χ1n) is 7.57. The molecule has 0 saturated heterocycles. The summed E-state index contributed by atoms with van der Waals surface area (Å²) in [6.45, 7) is 2.55. The van der Waals surface area contributed by atoms with Crippen LogP contribution in [0.1, 0.15) is 23.3 Å². The van der Waals surface area contributed by atoms with E-state index in [1.165, 1.54) is 17.8 Å². The van der Waals surface area contributed by atoms with Gasteiger partial charge in [-0.15, -0.1) is 5.10 Å². The van der Waals surface area contributed by atoms with E-state index in [2.05, 4.69) is 15.5 Å². The Morgan fingerprint density at radius 1 is 1.24 bits per heavy atom. The number of hydrogen-bond donors (Lipinski definition) is 0. The van der Waals surface area contributed by atoms with Gasteiger partial charge in [0.2, 0.25) is 5.16 Å². The Hall–Kier alpha value is -2.12. The monoisotopic (exact) mass is 378 g/mol. The van der Waals surface area contributed by atoms with Crippen molar-refractivity contribution < 1.29 is 9.13 Å². The van der Waals surface area contributed by atoms with E-state index in [9.17, 15) is 4.39 Å². The summed E-state index contributed by atoms with van der Waals surface area (Å²) >= 11 is 7.36. The summed E-state index contributed by atoms with van der Waals surface area (Å²) in [5.41, 5.74) is 1.97. The van der Waals surface area contributed by atoms with Crippen molar-refractivity contribution in [1.82, 2.24) is 20.2 Å². The molecule has 130 valence electrons. The summed E-state index contributed by atoms with van der Waals surface area (Å²) < 4.78 is 20.2. The number of hydrogen-bond acceptors (Lipinski definition) is 5. The molecular formula is C17H16ClFN4OS. The Kier molecular flexibility index (Phi) is 5.55. The maximum absolute atomic E-state index is 13.3. The third-order valence-electron chi connectivity index (χ3n) is 3.69. The zero-order chi connectivity index (χ0) is 17.8. The molecule has 0 aliphatic carbocycles. The minimum Gasteiger partial charge on any atom is -0.497 e. The maximum Gasteiger partial charge on any atom is 0.210 e. The highest BCUT2D eigenvalue weighted by molar-refractivity contribution is 7.99. The molecule has 1 unspecified atom stereocenters. The fourth-order valence-corrected chi connectivity index (χ4v) is 3.37. The molecule has 5 nitrogen and oxygen atoms in total. The number of thioether (sulfide) groups is 1. The van der Waals surface area contributed by atoms with Crippen LogP contribution in [-0.4, -0.2) is 27.3 Å². The standard InChI is InChI=1S/C17H16ClFN4OS/c1-11(13-5-8-16(19)15(18)9-13)25-17-20-21-22-23(17)10-12-3-6-14(24-2)7-4-12/h3-9,11H,10H2,1-2H3. The number of aromatic nitrogens is 4. The van der Waals surface area contributed by atoms with Crippen LogP contribution in [0.15, 0.2) is 47.6 Å². The van der Waals surface area contributed by atoms with Crippen LogP contribution in [0.5, 0.6) is 5.75 Å². The summed E-state index contributed by atoms with van der Waals surface area (Å²) in [5.74, 6) is 0.379. The van der Waals surface area contributed by atoms with E-state index in [1.54, 1.807) is 23.9 Å². The van der Waals surface area contributed by atoms with E-state index in [0.717, 1.165) is 16.9 Å². The zero-order valence-corrected chi connectivity index (χ0v) is 15.3. The first-order valence-corrected chi connectivity index (χ1v) is 8.83. The minimum atomic E-state index is -0.424. The van der Waals surface area contributed by atoms with Gasteiger partial charge in [0.1, 0.15) is 11.6 Å². The van der Waals surface area contributed by atoms with Crippen molar-refractivity contribution in [2.75, 3.05) is 7.11 Å². The minimum absolute atomic E-state index is 0.0266. The van der Waals surface area contributed by atoms with E-state index in [4.69, 9.17) is 16.3 Å². The predicted octanol–water partition coefficient (Wildman–Crippen LogP) is 4.38. The average molecular weight is 379 g/mol. The molecule has 1 aromatic heterocycles. The lowest BCUT2D eigenvalue weighted by atomic mass is 10.2. The van der Waals surface area contributed by atoms with Gasteiger partial charge < -0.3 is 4.74 Å². The fourth-order valence-electron chi connectivity index (χ4n) is 2.28. The number of benzene rings is 2. The Bertz CT molecular complexity index is 856. The molecule has 0 N–H and O–H groups in total. The van der Waals surface area contributed by atoms with Gasteiger partial charge in [-0.3, -0.25) is 0 Å². The number of rotatable bonds is 6. The van der Waals surface area contributed by atoms with Crippen molar-refractivity contribution in [3.63, 3.8) is 0 Å². The van der Waals surface area contributed by atoms with E-state index >= 15 is 0 Å². The van der Waals surface area contributed by atoms with Crippen molar-refractivity contribution in [2.45, 2.75) is 23.9 Å². The summed E-state index contributed by atoms with van der Waals surface area (Å²) in [7, 11) is 1.63. The second kappa shape index (κ2) is 7.84. The first kappa shape index (κ1) is 17.7. The Morgan fingerprint density at radius 2 is 2.00 bits per heavy atom. The largest absolute Gasteiger partial charge is 0.497 e. The quantitative estimate of drug-likeness (QED) is 0.596. The number of ether oxygens (including phenoxy) is 1. The van der Waals surface area contributed by atoms with E-state index in [-0.39, 0.29) is 10.3 Å². The molecule has 3 rings (SSSR count). The van der Waals surface area contributed by atoms with Gasteiger partial charge in [0.05, 0.1) is 18.7 Å². The van der Waals surface area contributed by atoms with Crippen molar-refractivity contribution in [3.05, 3.63) is 64.4 Å². The molecular weight excluding hydrogens is 363 g/mol. The van der Waals surface area contributed by atoms with Crippen LogP contribution in [0, 0.1) is 5.82 Å². The Balaban J connectivity index is 1.73. The summed E-state index contributed by atoms with van der Waals surface area (Å²) in [4.78, 5) is 0. The van der Waals surface area contributed by atoms with Crippen molar-refractivity contribution in [1.29, 1.82) is 0 Å². The summed E-state index contributed by atoms with van der Waals surface area (Å²) in [5, 5.41) is 12.7. The van der Waals surface area contributed by atoms with Crippen LogP contribution in [0.25, 0.3) is 0 Å². The summed E-state index contributed by atoms with van der Waals surface area (Å²) in [6, 6.07) is 12.5. The highest BCUT2D eigenvalue weighted by Crippen LogP contribution is 2.34. The second-order valence-electron chi connectivity index (χ2n) is 5.40. The smallest absolute Gasteiger partial charge is 0.210 e. The van der Waals surface area contributed by atoms with Gasteiger partial charge in [0.15, 0.2) is 0 Å². The van der Waals surface area contributed by atoms with E-state index < -0.39 is 5.82 Å². The average Bonchev–Trinajstić information content (AvgIpc) is 3.04. The molecule has 0 spiro atoms. The topological polar surface area (TPSA) is 52.8 Å². The predicted molar refractivity (Wildman–Crippen MR) is 95.6 cm³/mol. The summed E-state index contributed by atoms with van der Waals surface area (Å²) in [6.07, 6.45) is 0. The van der Waals surface area contributed by atoms with E-state index in [0.29, 0.717) is 11.7 Å². The molecule has 0 radical (unpaired) electrons. The van der Waals surface area contributed by atoms with Crippen LogP contribution in [0.2, 0.25) is 5.02 Å². The lowest BCUT2D eigenvalue weighted by molar-refractivity contribution is 0.414. The number of tetrazole rings is 1. The Labute approximate surface area is 154 Å². The Morgan fingerprint density at radius 3 is 2.68 bits per heavy atom. The number of nitrogens with zero attached hydrogens (tertiary/aromatic N) is 4. The fraction of sp³-hybridized carbons (Fsp3) is 0.235. The molecule has 2 aromatic carbocycles. The van der Waals surface area contributed by atoms with E-state index in [1.807, 2.05) is 31.2 Å². The van der Waals surface area contributed by atoms with Crippen LogP contribution >= 0.6 is 23.4 Å². The van der Waals surface area contributed by atoms with Gasteiger partial charge in [-0.25, -0.2) is 9.07 Å². The molecule has 0 aliphatic rings. The van der Waals surface area contributed by atoms with Crippen LogP contribution < -0.4 is 4.74 Å². The van der Waals surface area contributed by atoms with Crippen LogP contribution in [0.4, 0.5) is 4.39 Å². The molecule has 0 bridgehead atoms. The van der Waals surface area contributed by atoms with Gasteiger partial charge in [-0.05, 0) is 52.7 Å². The number of halogens is 2. The molecule has 0 amide bonds. The van der Waals surface area contributed by atoms with Gasteiger partial charge in [-0.2, -0.15) is 0 Å². The normalized spacial score (nSPS) is 12.2. The van der Waals surface area contributed by atoms with Crippen LogP contribution in [-0.2, 0) is 6.54 Å². The molecule has 8 heteroatoms. The third-order valence-corrected chi connectivity index (χ3v) is 5.10. The molecule has 0 saturated carbocycles. The lowest BCUT2D eigenvalue weighted by Crippen LogP contribution is -2.04. The molecule has 3 aromatic rings. The molecule has 0 fully saturated rings. The first-order chi connectivity index (χ1) is 12.1. The maximum atomic E-state index is 13.3.